The molecule has 0 bridgehead atoms. The predicted octanol–water partition coefficient (Wildman–Crippen LogP) is 0.111. The fourth-order valence-corrected chi connectivity index (χ4v) is 1.34. The highest BCUT2D eigenvalue weighted by molar-refractivity contribution is 4.84. The van der Waals surface area contributed by atoms with Gasteiger partial charge in [-0.15, -0.1) is 0 Å². The Morgan fingerprint density at radius 2 is 1.92 bits per heavy atom. The third kappa shape index (κ3) is 2.91. The third-order valence-corrected chi connectivity index (χ3v) is 2.19. The lowest BCUT2D eigenvalue weighted by atomic mass is 9.99. The van der Waals surface area contributed by atoms with Crippen LogP contribution in [-0.4, -0.2) is 40.4 Å². The summed E-state index contributed by atoms with van der Waals surface area (Å²) in [5.74, 6) is -1.56. The molecular formula is C9H20O4. The van der Waals surface area contributed by atoms with Crippen molar-refractivity contribution in [2.45, 2.75) is 39.1 Å². The second kappa shape index (κ2) is 5.54. The Bertz CT molecular complexity index is 140. The van der Waals surface area contributed by atoms with E-state index in [1.54, 1.807) is 6.92 Å². The molecule has 1 heterocycles. The molecule has 0 radical (unpaired) electrons. The average molecular weight is 192 g/mol. The van der Waals surface area contributed by atoms with Crippen molar-refractivity contribution in [2.24, 2.45) is 5.92 Å². The topological polar surface area (TPSA) is 69.9 Å². The lowest BCUT2D eigenvalue weighted by Crippen LogP contribution is -2.38. The van der Waals surface area contributed by atoms with Gasteiger partial charge in [-0.1, -0.05) is 20.8 Å². The lowest BCUT2D eigenvalue weighted by Gasteiger charge is -2.23. The number of aliphatic hydroxyl groups excluding tert-OH is 2. The molecule has 13 heavy (non-hydrogen) atoms. The molecule has 1 saturated heterocycles. The molecule has 0 amide bonds. The number of hydrogen-bond donors (Lipinski definition) is 3. The van der Waals surface area contributed by atoms with E-state index in [4.69, 9.17) is 14.9 Å². The van der Waals surface area contributed by atoms with E-state index in [1.807, 2.05) is 13.8 Å². The average Bonchev–Trinajstić information content (AvgIpc) is 2.47. The molecule has 1 aliphatic heterocycles. The maximum atomic E-state index is 9.49. The second-order valence-corrected chi connectivity index (χ2v) is 3.06. The van der Waals surface area contributed by atoms with E-state index < -0.39 is 12.4 Å². The molecule has 2 unspecified atom stereocenters. The van der Waals surface area contributed by atoms with Crippen LogP contribution in [0.1, 0.15) is 27.2 Å². The molecule has 0 aliphatic carbocycles. The van der Waals surface area contributed by atoms with Crippen molar-refractivity contribution in [1.82, 2.24) is 0 Å². The van der Waals surface area contributed by atoms with Gasteiger partial charge in [0.1, 0.15) is 0 Å². The van der Waals surface area contributed by atoms with E-state index in [1.165, 1.54) is 0 Å². The van der Waals surface area contributed by atoms with Crippen LogP contribution in [0.2, 0.25) is 0 Å². The van der Waals surface area contributed by atoms with Crippen molar-refractivity contribution < 1.29 is 20.1 Å². The van der Waals surface area contributed by atoms with Gasteiger partial charge < -0.3 is 20.1 Å². The molecule has 1 aliphatic rings. The summed E-state index contributed by atoms with van der Waals surface area (Å²) in [7, 11) is 0. The van der Waals surface area contributed by atoms with E-state index >= 15 is 0 Å². The molecule has 0 aromatic carbocycles. The van der Waals surface area contributed by atoms with Gasteiger partial charge in [-0.3, -0.25) is 0 Å². The van der Waals surface area contributed by atoms with Crippen LogP contribution < -0.4 is 0 Å². The maximum absolute atomic E-state index is 9.49. The van der Waals surface area contributed by atoms with Gasteiger partial charge in [-0.2, -0.15) is 0 Å². The van der Waals surface area contributed by atoms with Crippen LogP contribution in [-0.2, 0) is 4.74 Å². The van der Waals surface area contributed by atoms with E-state index in [0.29, 0.717) is 6.42 Å². The van der Waals surface area contributed by atoms with Gasteiger partial charge in [-0.25, -0.2) is 0 Å². The second-order valence-electron chi connectivity index (χ2n) is 3.06. The first kappa shape index (κ1) is 12.8. The van der Waals surface area contributed by atoms with Gasteiger partial charge in [0.2, 0.25) is 0 Å². The molecule has 3 N–H and O–H groups in total. The van der Waals surface area contributed by atoms with Crippen molar-refractivity contribution in [3.8, 4) is 0 Å². The molecule has 0 aromatic rings. The van der Waals surface area contributed by atoms with E-state index in [9.17, 15) is 5.11 Å². The molecule has 0 saturated carbocycles. The predicted molar refractivity (Wildman–Crippen MR) is 49.1 cm³/mol. The van der Waals surface area contributed by atoms with Crippen LogP contribution >= 0.6 is 0 Å². The molecule has 0 spiro atoms. The highest BCUT2D eigenvalue weighted by atomic mass is 16.7. The molecule has 1 rings (SSSR count). The van der Waals surface area contributed by atoms with Crippen molar-refractivity contribution in [3.63, 3.8) is 0 Å². The van der Waals surface area contributed by atoms with Gasteiger partial charge in [0.05, 0.1) is 19.3 Å². The van der Waals surface area contributed by atoms with Gasteiger partial charge in [0.15, 0.2) is 5.79 Å². The summed E-state index contributed by atoms with van der Waals surface area (Å²) >= 11 is 0. The van der Waals surface area contributed by atoms with Crippen molar-refractivity contribution in [3.05, 3.63) is 0 Å². The van der Waals surface area contributed by atoms with Crippen LogP contribution in [0.15, 0.2) is 0 Å². The van der Waals surface area contributed by atoms with Crippen molar-refractivity contribution in [1.29, 1.82) is 0 Å². The minimum atomic E-state index is -1.44. The van der Waals surface area contributed by atoms with Crippen molar-refractivity contribution in [2.75, 3.05) is 13.2 Å². The lowest BCUT2D eigenvalue weighted by molar-refractivity contribution is -0.232. The molecular weight excluding hydrogens is 172 g/mol. The number of hydrogen-bond acceptors (Lipinski definition) is 4. The highest BCUT2D eigenvalue weighted by Crippen LogP contribution is 2.33. The Kier molecular flexibility index (Phi) is 5.48. The smallest absolute Gasteiger partial charge is 0.192 e. The minimum absolute atomic E-state index is 0.105. The van der Waals surface area contributed by atoms with Crippen LogP contribution in [0.5, 0.6) is 0 Å². The Morgan fingerprint density at radius 3 is 2.15 bits per heavy atom. The van der Waals surface area contributed by atoms with Gasteiger partial charge in [0.25, 0.3) is 0 Å². The molecule has 3 atom stereocenters. The summed E-state index contributed by atoms with van der Waals surface area (Å²) < 4.78 is 5.02. The highest BCUT2D eigenvalue weighted by Gasteiger charge is 2.43. The summed E-state index contributed by atoms with van der Waals surface area (Å²) in [6.45, 7) is 5.27. The SMILES string of the molecule is CC.CC1C[C@@H](CO)OC1(O)CO. The third-order valence-electron chi connectivity index (χ3n) is 2.19. The largest absolute Gasteiger partial charge is 0.394 e. The number of ether oxygens (including phenoxy) is 1. The van der Waals surface area contributed by atoms with E-state index in [-0.39, 0.29) is 18.6 Å². The first-order valence-corrected chi connectivity index (χ1v) is 4.74. The molecule has 1 fully saturated rings. The summed E-state index contributed by atoms with van der Waals surface area (Å²) in [6.07, 6.45) is 0.259. The van der Waals surface area contributed by atoms with Gasteiger partial charge in [-0.05, 0) is 6.42 Å². The molecule has 80 valence electrons. The number of aliphatic hydroxyl groups is 3. The first-order chi connectivity index (χ1) is 6.12. The van der Waals surface area contributed by atoms with Gasteiger partial charge >= 0.3 is 0 Å². The summed E-state index contributed by atoms with van der Waals surface area (Å²) in [4.78, 5) is 0. The Labute approximate surface area is 79.2 Å². The summed E-state index contributed by atoms with van der Waals surface area (Å²) in [5.41, 5.74) is 0. The van der Waals surface area contributed by atoms with Crippen LogP contribution in [0.3, 0.4) is 0 Å². The zero-order chi connectivity index (χ0) is 10.5. The fraction of sp³-hybridized carbons (Fsp3) is 1.00. The first-order valence-electron chi connectivity index (χ1n) is 4.74. The molecule has 4 nitrogen and oxygen atoms in total. The monoisotopic (exact) mass is 192 g/mol. The Morgan fingerprint density at radius 1 is 1.38 bits per heavy atom. The molecule has 0 aromatic heterocycles. The Balaban J connectivity index is 0.000000671. The van der Waals surface area contributed by atoms with E-state index in [2.05, 4.69) is 0 Å². The van der Waals surface area contributed by atoms with Crippen molar-refractivity contribution >= 4 is 0 Å². The Hall–Kier alpha value is -0.160. The normalized spacial score (nSPS) is 38.3. The van der Waals surface area contributed by atoms with Gasteiger partial charge in [0, 0.05) is 5.92 Å². The fourth-order valence-electron chi connectivity index (χ4n) is 1.34. The maximum Gasteiger partial charge on any atom is 0.192 e. The number of rotatable bonds is 2. The van der Waals surface area contributed by atoms with Crippen LogP contribution in [0.4, 0.5) is 0 Å². The summed E-state index contributed by atoms with van der Waals surface area (Å²) in [6, 6.07) is 0. The van der Waals surface area contributed by atoms with Crippen LogP contribution in [0, 0.1) is 5.92 Å². The molecule has 4 heteroatoms. The standard InChI is InChI=1S/C7H14O4.C2H6/c1-5-2-6(3-8)11-7(5,10)4-9;1-2/h5-6,8-10H,2-4H2,1H3;1-2H3/t5?,6-,7?;/m0./s1. The quantitative estimate of drug-likeness (QED) is 0.581. The minimum Gasteiger partial charge on any atom is -0.394 e. The zero-order valence-electron chi connectivity index (χ0n) is 8.53. The zero-order valence-corrected chi connectivity index (χ0v) is 8.53. The van der Waals surface area contributed by atoms with Crippen LogP contribution in [0.25, 0.3) is 0 Å². The summed E-state index contributed by atoms with van der Waals surface area (Å²) in [5, 5.41) is 26.9. The van der Waals surface area contributed by atoms with E-state index in [0.717, 1.165) is 0 Å².